The minimum absolute atomic E-state index is 0.0272. The van der Waals surface area contributed by atoms with Gasteiger partial charge in [0, 0.05) is 12.0 Å². The summed E-state index contributed by atoms with van der Waals surface area (Å²) in [7, 11) is 1.20. The van der Waals surface area contributed by atoms with E-state index in [1.165, 1.54) is 19.2 Å². The molecule has 0 aromatic heterocycles. The molecular formula is C14H14FNO4. The topological polar surface area (TPSA) is 75.6 Å². The largest absolute Gasteiger partial charge is 0.468 e. The number of esters is 1. The summed E-state index contributed by atoms with van der Waals surface area (Å²) in [4.78, 5) is 22.8. The van der Waals surface area contributed by atoms with Crippen molar-refractivity contribution in [1.82, 2.24) is 5.32 Å². The molecule has 0 saturated carbocycles. The Balaban J connectivity index is 2.91. The summed E-state index contributed by atoms with van der Waals surface area (Å²) >= 11 is 0. The van der Waals surface area contributed by atoms with Crippen molar-refractivity contribution in [2.75, 3.05) is 20.3 Å². The van der Waals surface area contributed by atoms with Gasteiger partial charge in [0.15, 0.2) is 0 Å². The number of carbonyl (C=O) groups excluding carboxylic acids is 2. The van der Waals surface area contributed by atoms with Crippen LogP contribution in [-0.2, 0) is 9.53 Å². The van der Waals surface area contributed by atoms with Gasteiger partial charge in [-0.05, 0) is 18.2 Å². The maximum absolute atomic E-state index is 13.2. The Morgan fingerprint density at radius 3 is 2.85 bits per heavy atom. The molecule has 0 saturated heterocycles. The number of halogens is 1. The molecular weight excluding hydrogens is 265 g/mol. The normalized spacial score (nSPS) is 9.35. The van der Waals surface area contributed by atoms with Crippen LogP contribution >= 0.6 is 0 Å². The molecule has 106 valence electrons. The molecule has 0 heterocycles. The lowest BCUT2D eigenvalue weighted by atomic mass is 10.1. The molecule has 2 N–H and O–H groups in total. The number of carbonyl (C=O) groups is 2. The molecule has 6 heteroatoms. The maximum atomic E-state index is 13.2. The monoisotopic (exact) mass is 279 g/mol. The van der Waals surface area contributed by atoms with Crippen molar-refractivity contribution in [1.29, 1.82) is 0 Å². The smallest absolute Gasteiger partial charge is 0.325 e. The number of aliphatic hydroxyl groups excluding tert-OH is 1. The van der Waals surface area contributed by atoms with Gasteiger partial charge in [0.1, 0.15) is 12.4 Å². The van der Waals surface area contributed by atoms with E-state index in [4.69, 9.17) is 5.11 Å². The third-order valence-electron chi connectivity index (χ3n) is 2.31. The first kappa shape index (κ1) is 15.7. The van der Waals surface area contributed by atoms with Gasteiger partial charge >= 0.3 is 5.97 Å². The minimum atomic E-state index is -0.622. The lowest BCUT2D eigenvalue weighted by Gasteiger charge is -2.06. The predicted molar refractivity (Wildman–Crippen MR) is 69.3 cm³/mol. The van der Waals surface area contributed by atoms with Crippen LogP contribution in [0.4, 0.5) is 4.39 Å². The summed E-state index contributed by atoms with van der Waals surface area (Å²) in [6.07, 6.45) is 0.251. The van der Waals surface area contributed by atoms with Crippen molar-refractivity contribution in [2.45, 2.75) is 6.42 Å². The minimum Gasteiger partial charge on any atom is -0.468 e. The molecule has 0 aliphatic rings. The second-order valence-electron chi connectivity index (χ2n) is 3.72. The van der Waals surface area contributed by atoms with Crippen LogP contribution in [0.25, 0.3) is 0 Å². The Hall–Kier alpha value is -2.39. The Bertz CT molecular complexity index is 560. The van der Waals surface area contributed by atoms with Crippen LogP contribution in [0.2, 0.25) is 0 Å². The molecule has 0 aliphatic carbocycles. The average Bonchev–Trinajstić information content (AvgIpc) is 2.46. The molecule has 0 spiro atoms. The van der Waals surface area contributed by atoms with Crippen LogP contribution < -0.4 is 5.32 Å². The zero-order valence-corrected chi connectivity index (χ0v) is 10.9. The Morgan fingerprint density at radius 2 is 2.20 bits per heavy atom. The summed E-state index contributed by atoms with van der Waals surface area (Å²) in [5.41, 5.74) is 0.349. The molecule has 5 nitrogen and oxygen atoms in total. The van der Waals surface area contributed by atoms with E-state index in [0.717, 1.165) is 6.07 Å². The van der Waals surface area contributed by atoms with E-state index < -0.39 is 17.7 Å². The number of hydrogen-bond donors (Lipinski definition) is 2. The molecule has 0 aliphatic heterocycles. The number of amides is 1. The van der Waals surface area contributed by atoms with Crippen molar-refractivity contribution >= 4 is 11.9 Å². The van der Waals surface area contributed by atoms with Crippen LogP contribution in [-0.4, -0.2) is 37.2 Å². The third-order valence-corrected chi connectivity index (χ3v) is 2.31. The number of methoxy groups -OCH3 is 1. The standard InChI is InChI=1S/C14H14FNO4/c1-20-13(18)9-16-14(19)12-8-11(15)6-5-10(12)4-2-3-7-17/h5-6,8,17H,3,7,9H2,1H3,(H,16,19). The number of rotatable bonds is 4. The number of benzene rings is 1. The highest BCUT2D eigenvalue weighted by Gasteiger charge is 2.12. The van der Waals surface area contributed by atoms with Crippen molar-refractivity contribution in [3.05, 3.63) is 35.1 Å². The van der Waals surface area contributed by atoms with Crippen LogP contribution in [0, 0.1) is 17.7 Å². The molecule has 0 bridgehead atoms. The molecule has 0 radical (unpaired) electrons. The lowest BCUT2D eigenvalue weighted by Crippen LogP contribution is -2.30. The first-order chi connectivity index (χ1) is 9.58. The van der Waals surface area contributed by atoms with Gasteiger partial charge in [-0.3, -0.25) is 9.59 Å². The molecule has 1 aromatic carbocycles. The van der Waals surface area contributed by atoms with E-state index >= 15 is 0 Å². The molecule has 1 rings (SSSR count). The number of hydrogen-bond acceptors (Lipinski definition) is 4. The average molecular weight is 279 g/mol. The van der Waals surface area contributed by atoms with E-state index in [-0.39, 0.29) is 25.1 Å². The van der Waals surface area contributed by atoms with Crippen LogP contribution in [0.1, 0.15) is 22.3 Å². The van der Waals surface area contributed by atoms with Crippen molar-refractivity contribution in [2.24, 2.45) is 0 Å². The predicted octanol–water partition coefficient (Wildman–Crippen LogP) is 0.462. The molecule has 20 heavy (non-hydrogen) atoms. The third kappa shape index (κ3) is 4.71. The first-order valence-corrected chi connectivity index (χ1v) is 5.82. The Labute approximate surface area is 115 Å². The fraction of sp³-hybridized carbons (Fsp3) is 0.286. The van der Waals surface area contributed by atoms with Gasteiger partial charge in [0.25, 0.3) is 5.91 Å². The fourth-order valence-corrected chi connectivity index (χ4v) is 1.35. The van der Waals surface area contributed by atoms with Gasteiger partial charge in [0.05, 0.1) is 19.3 Å². The van der Waals surface area contributed by atoms with Crippen LogP contribution in [0.5, 0.6) is 0 Å². The summed E-state index contributed by atoms with van der Waals surface area (Å²) in [6.45, 7) is -0.409. The molecule has 0 atom stereocenters. The van der Waals surface area contributed by atoms with Gasteiger partial charge in [0.2, 0.25) is 0 Å². The highest BCUT2D eigenvalue weighted by Crippen LogP contribution is 2.10. The van der Waals surface area contributed by atoms with Gasteiger partial charge in [-0.15, -0.1) is 0 Å². The summed E-state index contributed by atoms with van der Waals surface area (Å²) in [6, 6.07) is 3.59. The van der Waals surface area contributed by atoms with Gasteiger partial charge in [-0.25, -0.2) is 4.39 Å². The Kier molecular flexibility index (Phi) is 6.20. The SMILES string of the molecule is COC(=O)CNC(=O)c1cc(F)ccc1C#CCCO. The summed E-state index contributed by atoms with van der Waals surface area (Å²) in [5, 5.41) is 11.0. The van der Waals surface area contributed by atoms with E-state index in [0.29, 0.717) is 5.56 Å². The quantitative estimate of drug-likeness (QED) is 0.620. The summed E-state index contributed by atoms with van der Waals surface area (Å²) in [5.74, 6) is 3.51. The first-order valence-electron chi connectivity index (χ1n) is 5.82. The van der Waals surface area contributed by atoms with E-state index in [9.17, 15) is 14.0 Å². The van der Waals surface area contributed by atoms with E-state index in [1.807, 2.05) is 0 Å². The molecule has 1 amide bonds. The zero-order valence-electron chi connectivity index (χ0n) is 10.9. The molecule has 0 fully saturated rings. The van der Waals surface area contributed by atoms with Crippen LogP contribution in [0.3, 0.4) is 0 Å². The highest BCUT2D eigenvalue weighted by molar-refractivity contribution is 5.98. The van der Waals surface area contributed by atoms with Crippen molar-refractivity contribution in [3.63, 3.8) is 0 Å². The van der Waals surface area contributed by atoms with Gasteiger partial charge < -0.3 is 15.2 Å². The van der Waals surface area contributed by atoms with Gasteiger partial charge in [-0.1, -0.05) is 11.8 Å². The van der Waals surface area contributed by atoms with E-state index in [2.05, 4.69) is 21.9 Å². The second kappa shape index (κ2) is 7.92. The van der Waals surface area contributed by atoms with Gasteiger partial charge in [-0.2, -0.15) is 0 Å². The molecule has 1 aromatic rings. The van der Waals surface area contributed by atoms with Crippen LogP contribution in [0.15, 0.2) is 18.2 Å². The molecule has 0 unspecified atom stereocenters. The highest BCUT2D eigenvalue weighted by atomic mass is 19.1. The van der Waals surface area contributed by atoms with Crippen molar-refractivity contribution < 1.29 is 23.8 Å². The second-order valence-corrected chi connectivity index (χ2v) is 3.72. The Morgan fingerprint density at radius 1 is 1.45 bits per heavy atom. The lowest BCUT2D eigenvalue weighted by molar-refractivity contribution is -0.139. The maximum Gasteiger partial charge on any atom is 0.325 e. The van der Waals surface area contributed by atoms with E-state index in [1.54, 1.807) is 0 Å². The summed E-state index contributed by atoms with van der Waals surface area (Å²) < 4.78 is 17.6. The zero-order chi connectivity index (χ0) is 15.0. The fourth-order valence-electron chi connectivity index (χ4n) is 1.35. The van der Waals surface area contributed by atoms with Crippen molar-refractivity contribution in [3.8, 4) is 11.8 Å². The number of ether oxygens (including phenoxy) is 1. The number of nitrogens with one attached hydrogen (secondary N) is 1. The number of aliphatic hydroxyl groups is 1.